The van der Waals surface area contributed by atoms with Crippen LogP contribution < -0.4 is 10.1 Å². The maximum atomic E-state index is 12.9. The molecular weight excluding hydrogens is 452 g/mol. The van der Waals surface area contributed by atoms with Gasteiger partial charge >= 0.3 is 0 Å². The van der Waals surface area contributed by atoms with Gasteiger partial charge in [0.25, 0.3) is 5.91 Å². The van der Waals surface area contributed by atoms with Crippen molar-refractivity contribution in [3.05, 3.63) is 94.2 Å². The summed E-state index contributed by atoms with van der Waals surface area (Å²) in [6, 6.07) is 15.7. The number of amides is 1. The maximum absolute atomic E-state index is 12.9. The van der Waals surface area contributed by atoms with E-state index in [0.29, 0.717) is 28.3 Å². The van der Waals surface area contributed by atoms with Gasteiger partial charge < -0.3 is 20.3 Å². The molecule has 1 heterocycles. The van der Waals surface area contributed by atoms with Gasteiger partial charge in [-0.2, -0.15) is 0 Å². The number of nitrogens with one attached hydrogen (secondary N) is 1. The molecule has 0 saturated carbocycles. The first-order valence-electron chi connectivity index (χ1n) is 11.8. The Hall–Kier alpha value is -4.18. The van der Waals surface area contributed by atoms with E-state index in [-0.39, 0.29) is 6.61 Å². The zero-order valence-electron chi connectivity index (χ0n) is 20.1. The number of hydrogen-bond acceptors (Lipinski definition) is 5. The number of carbonyl (C=O) groups excluding carboxylic acids is 1. The van der Waals surface area contributed by atoms with Gasteiger partial charge in [-0.25, -0.2) is 4.98 Å². The zero-order valence-corrected chi connectivity index (χ0v) is 20.1. The predicted molar refractivity (Wildman–Crippen MR) is 141 cm³/mol. The topological polar surface area (TPSA) is 91.7 Å². The summed E-state index contributed by atoms with van der Waals surface area (Å²) in [5, 5.41) is 20.7. The summed E-state index contributed by atoms with van der Waals surface area (Å²) in [5.74, 6) is 6.28. The van der Waals surface area contributed by atoms with E-state index in [9.17, 15) is 9.90 Å². The molecule has 0 atom stereocenters. The lowest BCUT2D eigenvalue weighted by molar-refractivity contribution is 0.0907. The Morgan fingerprint density at radius 1 is 1.00 bits per heavy atom. The van der Waals surface area contributed by atoms with Gasteiger partial charge in [-0.15, -0.1) is 0 Å². The van der Waals surface area contributed by atoms with Gasteiger partial charge in [-0.1, -0.05) is 54.3 Å². The van der Waals surface area contributed by atoms with Crippen LogP contribution in [0.4, 0.5) is 0 Å². The summed E-state index contributed by atoms with van der Waals surface area (Å²) in [6.45, 7) is -0.290. The zero-order chi connectivity index (χ0) is 25.3. The van der Waals surface area contributed by atoms with Crippen LogP contribution in [-0.2, 0) is 6.42 Å². The van der Waals surface area contributed by atoms with Gasteiger partial charge in [-0.05, 0) is 55.2 Å². The number of aliphatic hydroxyl groups is 2. The maximum Gasteiger partial charge on any atom is 0.257 e. The highest BCUT2D eigenvalue weighted by molar-refractivity contribution is 6.03. The van der Waals surface area contributed by atoms with Crippen molar-refractivity contribution >= 4 is 18.1 Å². The standard InChI is InChI=1S/C30H28N2O4/c1-36-29-27(30(35)31-20-34)25-7-3-2-4-8-26(25)32-28(29)24-17-15-23(16-18-24)14-13-22-11-9-21(10-12-22)6-5-19-33/h3-4,7-12,15-18,33-34H,2,5-6,19-20H2,1H3,(H,31,35). The van der Waals surface area contributed by atoms with E-state index in [4.69, 9.17) is 14.8 Å². The van der Waals surface area contributed by atoms with Crippen molar-refractivity contribution in [2.24, 2.45) is 0 Å². The van der Waals surface area contributed by atoms with Crippen molar-refractivity contribution in [1.82, 2.24) is 10.3 Å². The van der Waals surface area contributed by atoms with Gasteiger partial charge in [0.1, 0.15) is 12.4 Å². The van der Waals surface area contributed by atoms with Crippen molar-refractivity contribution < 1.29 is 19.7 Å². The van der Waals surface area contributed by atoms with E-state index in [1.807, 2.05) is 72.8 Å². The second kappa shape index (κ2) is 12.0. The lowest BCUT2D eigenvalue weighted by Crippen LogP contribution is -2.26. The second-order valence-corrected chi connectivity index (χ2v) is 8.22. The fourth-order valence-electron chi connectivity index (χ4n) is 4.01. The molecule has 0 radical (unpaired) electrons. The average Bonchev–Trinajstić information content (AvgIpc) is 3.16. The molecule has 3 N–H and O–H groups in total. The van der Waals surface area contributed by atoms with Gasteiger partial charge in [0.15, 0.2) is 5.75 Å². The van der Waals surface area contributed by atoms with Crippen LogP contribution in [0.15, 0.2) is 60.7 Å². The molecule has 1 aromatic heterocycles. The lowest BCUT2D eigenvalue weighted by Gasteiger charge is -2.17. The third-order valence-corrected chi connectivity index (χ3v) is 5.81. The van der Waals surface area contributed by atoms with Crippen molar-refractivity contribution in [3.63, 3.8) is 0 Å². The smallest absolute Gasteiger partial charge is 0.257 e. The van der Waals surface area contributed by atoms with Crippen LogP contribution in [0.25, 0.3) is 23.4 Å². The van der Waals surface area contributed by atoms with Gasteiger partial charge in [0.2, 0.25) is 0 Å². The molecule has 0 bridgehead atoms. The van der Waals surface area contributed by atoms with Crippen molar-refractivity contribution in [1.29, 1.82) is 0 Å². The summed E-state index contributed by atoms with van der Waals surface area (Å²) in [7, 11) is 1.51. The molecule has 182 valence electrons. The van der Waals surface area contributed by atoms with Crippen LogP contribution in [-0.4, -0.2) is 41.6 Å². The number of aliphatic hydroxyl groups excluding tert-OH is 2. The highest BCUT2D eigenvalue weighted by Crippen LogP contribution is 2.37. The van der Waals surface area contributed by atoms with Crippen LogP contribution in [0.5, 0.6) is 5.75 Å². The number of fused-ring (bicyclic) bond motifs is 1. The number of ether oxygens (including phenoxy) is 1. The van der Waals surface area contributed by atoms with Gasteiger partial charge in [-0.3, -0.25) is 4.79 Å². The number of allylic oxidation sites excluding steroid dienone is 2. The van der Waals surface area contributed by atoms with Crippen molar-refractivity contribution in [3.8, 4) is 28.8 Å². The average molecular weight is 481 g/mol. The Labute approximate surface area is 211 Å². The fraction of sp³-hybridized carbons (Fsp3) is 0.200. The molecule has 6 nitrogen and oxygen atoms in total. The number of pyridine rings is 1. The predicted octanol–water partition coefficient (Wildman–Crippen LogP) is 4.19. The van der Waals surface area contributed by atoms with E-state index in [0.717, 1.165) is 36.0 Å². The number of aryl methyl sites for hydroxylation is 1. The molecule has 0 spiro atoms. The molecule has 3 aromatic rings. The SMILES string of the molecule is COc1c(-c2ccc(C#Cc3ccc(CCCO)cc3)cc2)nc2c(c1C(=O)NCO)C=CCC=C2. The molecular formula is C30H28N2O4. The molecule has 0 saturated heterocycles. The minimum absolute atomic E-state index is 0.190. The highest BCUT2D eigenvalue weighted by atomic mass is 16.5. The molecule has 1 aliphatic carbocycles. The van der Waals surface area contributed by atoms with Crippen LogP contribution in [0.1, 0.15) is 51.1 Å². The normalized spacial score (nSPS) is 11.8. The summed E-state index contributed by atoms with van der Waals surface area (Å²) in [4.78, 5) is 17.7. The first-order valence-corrected chi connectivity index (χ1v) is 11.8. The van der Waals surface area contributed by atoms with Crippen LogP contribution in [0.2, 0.25) is 0 Å². The number of methoxy groups -OCH3 is 1. The molecule has 4 rings (SSSR count). The summed E-state index contributed by atoms with van der Waals surface area (Å²) in [6.07, 6.45) is 10.0. The Morgan fingerprint density at radius 2 is 1.67 bits per heavy atom. The van der Waals surface area contributed by atoms with E-state index < -0.39 is 12.6 Å². The molecule has 1 aliphatic rings. The van der Waals surface area contributed by atoms with Crippen molar-refractivity contribution in [2.75, 3.05) is 20.4 Å². The minimum Gasteiger partial charge on any atom is -0.494 e. The minimum atomic E-state index is -0.479. The number of rotatable bonds is 7. The number of nitrogens with zero attached hydrogens (tertiary/aromatic N) is 1. The lowest BCUT2D eigenvalue weighted by atomic mass is 9.98. The molecule has 2 aromatic carbocycles. The summed E-state index contributed by atoms with van der Waals surface area (Å²) >= 11 is 0. The second-order valence-electron chi connectivity index (χ2n) is 8.22. The fourth-order valence-corrected chi connectivity index (χ4v) is 4.01. The first-order chi connectivity index (χ1) is 17.6. The molecule has 0 fully saturated rings. The van der Waals surface area contributed by atoms with Crippen LogP contribution in [0, 0.1) is 11.8 Å². The van der Waals surface area contributed by atoms with Crippen LogP contribution >= 0.6 is 0 Å². The third-order valence-electron chi connectivity index (χ3n) is 5.81. The van der Waals surface area contributed by atoms with Crippen LogP contribution in [0.3, 0.4) is 0 Å². The summed E-state index contributed by atoms with van der Waals surface area (Å²) < 4.78 is 5.67. The number of carbonyl (C=O) groups is 1. The van der Waals surface area contributed by atoms with E-state index >= 15 is 0 Å². The molecule has 0 aliphatic heterocycles. The largest absolute Gasteiger partial charge is 0.494 e. The van der Waals surface area contributed by atoms with E-state index in [1.165, 1.54) is 12.7 Å². The van der Waals surface area contributed by atoms with E-state index in [1.54, 1.807) is 0 Å². The van der Waals surface area contributed by atoms with Crippen molar-refractivity contribution in [2.45, 2.75) is 19.3 Å². The molecule has 36 heavy (non-hydrogen) atoms. The number of benzene rings is 2. The molecule has 0 unspecified atom stereocenters. The quantitative estimate of drug-likeness (QED) is 0.348. The van der Waals surface area contributed by atoms with Gasteiger partial charge in [0.05, 0.1) is 18.4 Å². The highest BCUT2D eigenvalue weighted by Gasteiger charge is 2.24. The number of aromatic nitrogens is 1. The first kappa shape index (κ1) is 24.9. The van der Waals surface area contributed by atoms with Gasteiger partial charge in [0, 0.05) is 28.9 Å². The Bertz CT molecular complexity index is 1340. The monoisotopic (exact) mass is 480 g/mol. The summed E-state index contributed by atoms with van der Waals surface area (Å²) in [5.41, 5.74) is 5.91. The number of hydrogen-bond donors (Lipinski definition) is 3. The Kier molecular flexibility index (Phi) is 8.30. The molecule has 1 amide bonds. The molecule has 6 heteroatoms. The Morgan fingerprint density at radius 3 is 2.31 bits per heavy atom. The Balaban J connectivity index is 1.66. The third kappa shape index (κ3) is 5.72. The van der Waals surface area contributed by atoms with E-state index in [2.05, 4.69) is 17.2 Å².